The van der Waals surface area contributed by atoms with Gasteiger partial charge in [0.2, 0.25) is 0 Å². The molecule has 0 bridgehead atoms. The lowest BCUT2D eigenvalue weighted by Crippen LogP contribution is -2.28. The van der Waals surface area contributed by atoms with E-state index in [0.29, 0.717) is 25.8 Å². The molecule has 0 saturated carbocycles. The Morgan fingerprint density at radius 3 is 1.00 bits per heavy atom. The first-order valence-corrected chi connectivity index (χ1v) is 26.0. The van der Waals surface area contributed by atoms with Gasteiger partial charge in [-0.3, -0.25) is 9.59 Å². The molecule has 9 nitrogen and oxygen atoms in total. The monoisotopic (exact) mass is 847 g/mol. The number of rotatable bonds is 50. The second-order valence-electron chi connectivity index (χ2n) is 17.7. The molecule has 9 heteroatoms. The van der Waals surface area contributed by atoms with E-state index in [-0.39, 0.29) is 25.2 Å². The van der Waals surface area contributed by atoms with Crippen LogP contribution in [0.15, 0.2) is 5.18 Å². The van der Waals surface area contributed by atoms with Crippen molar-refractivity contribution in [2.45, 2.75) is 251 Å². The van der Waals surface area contributed by atoms with Crippen molar-refractivity contribution in [2.75, 3.05) is 59.0 Å². The van der Waals surface area contributed by atoms with E-state index < -0.39 is 0 Å². The average molecular weight is 847 g/mol. The second-order valence-corrected chi connectivity index (χ2v) is 17.7. The number of hydrogen-bond donors (Lipinski definition) is 0. The maximum atomic E-state index is 12.1. The smallest absolute Gasteiger partial charge is 0.305 e. The van der Waals surface area contributed by atoms with Gasteiger partial charge in [-0.15, -0.1) is 0 Å². The van der Waals surface area contributed by atoms with Gasteiger partial charge in [0.25, 0.3) is 0 Å². The second kappa shape index (κ2) is 49.6. The maximum absolute atomic E-state index is 12.1. The summed E-state index contributed by atoms with van der Waals surface area (Å²) in [6.45, 7) is 11.3. The van der Waals surface area contributed by atoms with Crippen LogP contribution in [0.4, 0.5) is 0 Å². The Kier molecular flexibility index (Phi) is 47.9. The number of ether oxygens (including phenoxy) is 2. The summed E-state index contributed by atoms with van der Waals surface area (Å²) in [6.07, 6.45) is 44.1. The van der Waals surface area contributed by atoms with Gasteiger partial charge in [-0.25, -0.2) is 0 Å². The van der Waals surface area contributed by atoms with Crippen molar-refractivity contribution in [1.29, 1.82) is 5.26 Å². The minimum atomic E-state index is -0.206. The zero-order chi connectivity index (χ0) is 43.7. The topological polar surface area (TPSA) is 112 Å². The van der Waals surface area contributed by atoms with Crippen molar-refractivity contribution in [3.05, 3.63) is 4.91 Å². The van der Waals surface area contributed by atoms with Crippen LogP contribution in [0.3, 0.4) is 0 Å². The molecule has 0 heterocycles. The summed E-state index contributed by atoms with van der Waals surface area (Å²) in [6, 6.07) is 2.32. The van der Waals surface area contributed by atoms with Gasteiger partial charge in [0.05, 0.1) is 12.6 Å². The van der Waals surface area contributed by atoms with Crippen LogP contribution < -0.4 is 0 Å². The molecule has 0 aliphatic rings. The Morgan fingerprint density at radius 2 is 0.700 bits per heavy atom. The van der Waals surface area contributed by atoms with Gasteiger partial charge in [0.1, 0.15) is 13.2 Å². The lowest BCUT2D eigenvalue weighted by Gasteiger charge is -2.21. The van der Waals surface area contributed by atoms with Gasteiger partial charge in [0.15, 0.2) is 0 Å². The summed E-state index contributed by atoms with van der Waals surface area (Å²) in [5.74, 6) is -0.409. The molecule has 60 heavy (non-hydrogen) atoms. The number of unbranched alkanes of at least 4 members (excludes halogenated alkanes) is 30. The van der Waals surface area contributed by atoms with E-state index in [1.54, 1.807) is 0 Å². The highest BCUT2D eigenvalue weighted by Crippen LogP contribution is 2.15. The molecule has 0 radical (unpaired) electrons. The van der Waals surface area contributed by atoms with Gasteiger partial charge < -0.3 is 19.3 Å². The fraction of sp³-hybridized carbons (Fsp3) is 0.941. The van der Waals surface area contributed by atoms with Crippen LogP contribution in [-0.4, -0.2) is 80.8 Å². The van der Waals surface area contributed by atoms with E-state index >= 15 is 0 Å². The molecule has 0 aliphatic carbocycles. The zero-order valence-electron chi connectivity index (χ0n) is 39.9. The number of carbonyl (C=O) groups excluding carboxylic acids is 2. The molecule has 352 valence electrons. The highest BCUT2D eigenvalue weighted by Gasteiger charge is 2.08. The minimum Gasteiger partial charge on any atom is -0.462 e. The molecule has 0 saturated heterocycles. The lowest BCUT2D eigenvalue weighted by molar-refractivity contribution is -0.152. The van der Waals surface area contributed by atoms with Crippen molar-refractivity contribution in [2.24, 2.45) is 5.18 Å². The molecule has 0 aromatic heterocycles. The molecule has 0 fully saturated rings. The van der Waals surface area contributed by atoms with E-state index in [0.717, 1.165) is 77.8 Å². The Labute approximate surface area is 371 Å². The van der Waals surface area contributed by atoms with Crippen LogP contribution in [0.2, 0.25) is 0 Å². The molecule has 0 aromatic carbocycles. The van der Waals surface area contributed by atoms with Crippen molar-refractivity contribution >= 4 is 11.9 Å². The third kappa shape index (κ3) is 45.5. The molecule has 0 aliphatic heterocycles. The van der Waals surface area contributed by atoms with Crippen LogP contribution in [0.1, 0.15) is 251 Å². The first-order chi connectivity index (χ1) is 29.6. The first-order valence-electron chi connectivity index (χ1n) is 26.0. The van der Waals surface area contributed by atoms with E-state index in [2.05, 4.69) is 34.9 Å². The predicted molar refractivity (Wildman–Crippen MR) is 253 cm³/mol. The Bertz CT molecular complexity index is 960. The van der Waals surface area contributed by atoms with Gasteiger partial charge in [0, 0.05) is 32.4 Å². The van der Waals surface area contributed by atoms with Crippen LogP contribution in [0.5, 0.6) is 0 Å². The van der Waals surface area contributed by atoms with Gasteiger partial charge in [-0.2, -0.15) is 10.2 Å². The molecule has 0 aromatic rings. The molecule has 0 unspecified atom stereocenters. The largest absolute Gasteiger partial charge is 0.462 e. The first kappa shape index (κ1) is 58.0. The standard InChI is InChI=1S/C51H98N4O5/c1-3-5-7-9-11-13-15-21-27-33-42-54(46-37-40-52)43-34-28-23-17-19-25-31-38-50(56)59-48-49-60-51(57)39-32-26-20-18-24-30-36-45-55(47-41-53-58)44-35-29-22-16-14-12-10-8-6-4-2/h3-39,41-49H2,1-2H3. The summed E-state index contributed by atoms with van der Waals surface area (Å²) in [7, 11) is 0. The summed E-state index contributed by atoms with van der Waals surface area (Å²) in [5.41, 5.74) is 0. The number of nitriles is 1. The Hall–Kier alpha value is -2.05. The van der Waals surface area contributed by atoms with Crippen LogP contribution in [0, 0.1) is 16.2 Å². The van der Waals surface area contributed by atoms with Crippen molar-refractivity contribution in [3.63, 3.8) is 0 Å². The van der Waals surface area contributed by atoms with Crippen molar-refractivity contribution in [1.82, 2.24) is 9.80 Å². The van der Waals surface area contributed by atoms with E-state index in [1.165, 1.54) is 180 Å². The van der Waals surface area contributed by atoms with Crippen LogP contribution >= 0.6 is 0 Å². The fourth-order valence-electron chi connectivity index (χ4n) is 8.14. The van der Waals surface area contributed by atoms with Crippen molar-refractivity contribution < 1.29 is 19.1 Å². The van der Waals surface area contributed by atoms with E-state index in [4.69, 9.17) is 14.7 Å². The van der Waals surface area contributed by atoms with Gasteiger partial charge >= 0.3 is 11.9 Å². The summed E-state index contributed by atoms with van der Waals surface area (Å²) >= 11 is 0. The Balaban J connectivity index is 3.66. The number of nitrogens with zero attached hydrogens (tertiary/aromatic N) is 4. The highest BCUT2D eigenvalue weighted by molar-refractivity contribution is 5.70. The fourth-order valence-corrected chi connectivity index (χ4v) is 8.14. The zero-order valence-corrected chi connectivity index (χ0v) is 39.9. The molecule has 0 N–H and O–H groups in total. The molecule has 0 spiro atoms. The maximum Gasteiger partial charge on any atom is 0.305 e. The van der Waals surface area contributed by atoms with E-state index in [9.17, 15) is 14.5 Å². The predicted octanol–water partition coefficient (Wildman–Crippen LogP) is 14.4. The quantitative estimate of drug-likeness (QED) is 0.0338. The summed E-state index contributed by atoms with van der Waals surface area (Å²) in [5, 5.41) is 12.2. The number of nitroso groups, excluding NO2 is 1. The highest BCUT2D eigenvalue weighted by atomic mass is 16.6. The Morgan fingerprint density at radius 1 is 0.417 bits per heavy atom. The number of carbonyl (C=O) groups is 2. The SMILES string of the molecule is CCCCCCCCCCCCN(CCC#N)CCCCCCCCCC(=O)OCCOC(=O)CCCCCCCCCN(CCCCCCCCCCCC)CCN=O. The van der Waals surface area contributed by atoms with Gasteiger partial charge in [-0.1, -0.05) is 199 Å². The normalized spacial score (nSPS) is 11.4. The third-order valence-electron chi connectivity index (χ3n) is 12.0. The molecule has 0 rings (SSSR count). The molecule has 0 atom stereocenters. The summed E-state index contributed by atoms with van der Waals surface area (Å²) in [4.78, 5) is 39.8. The summed E-state index contributed by atoms with van der Waals surface area (Å²) < 4.78 is 10.6. The average Bonchev–Trinajstić information content (AvgIpc) is 3.25. The van der Waals surface area contributed by atoms with Crippen LogP contribution in [0.25, 0.3) is 0 Å². The van der Waals surface area contributed by atoms with Gasteiger partial charge in [-0.05, 0) is 64.7 Å². The van der Waals surface area contributed by atoms with Crippen LogP contribution in [-0.2, 0) is 19.1 Å². The number of hydrogen-bond acceptors (Lipinski definition) is 9. The number of esters is 2. The molecular formula is C51H98N4O5. The molecule has 0 amide bonds. The minimum absolute atomic E-state index is 0.136. The third-order valence-corrected chi connectivity index (χ3v) is 12.0. The lowest BCUT2D eigenvalue weighted by atomic mass is 10.1. The molecular weight excluding hydrogens is 749 g/mol. The van der Waals surface area contributed by atoms with Crippen molar-refractivity contribution in [3.8, 4) is 6.07 Å². The van der Waals surface area contributed by atoms with E-state index in [1.807, 2.05) is 0 Å².